The maximum Gasteiger partial charge on any atom is 0.00966 e. The molecule has 2 aliphatic rings. The first-order valence-electron chi connectivity index (χ1n) is 9.10. The summed E-state index contributed by atoms with van der Waals surface area (Å²) in [5.41, 5.74) is 0.577. The molecule has 0 bridgehead atoms. The molecule has 0 atom stereocenters. The summed E-state index contributed by atoms with van der Waals surface area (Å²) in [6.07, 6.45) is 11.5. The molecule has 2 fully saturated rings. The van der Waals surface area contributed by atoms with Gasteiger partial charge in [0, 0.05) is 19.1 Å². The van der Waals surface area contributed by atoms with E-state index < -0.39 is 0 Å². The lowest BCUT2D eigenvalue weighted by molar-refractivity contribution is 0.0944. The van der Waals surface area contributed by atoms with Crippen LogP contribution in [0.25, 0.3) is 0 Å². The van der Waals surface area contributed by atoms with Gasteiger partial charge in [0.1, 0.15) is 0 Å². The van der Waals surface area contributed by atoms with Crippen LogP contribution in [0.5, 0.6) is 0 Å². The molecule has 2 aliphatic carbocycles. The Balaban J connectivity index is 1.92. The van der Waals surface area contributed by atoms with Gasteiger partial charge in [-0.05, 0) is 56.5 Å². The molecule has 0 aromatic rings. The molecule has 0 aromatic carbocycles. The molecule has 0 saturated heterocycles. The zero-order chi connectivity index (χ0) is 14.4. The van der Waals surface area contributed by atoms with Gasteiger partial charge in [0.25, 0.3) is 0 Å². The topological polar surface area (TPSA) is 15.3 Å². The minimum atomic E-state index is 0.577. The van der Waals surface area contributed by atoms with E-state index in [0.717, 1.165) is 18.5 Å². The monoisotopic (exact) mass is 280 g/mol. The lowest BCUT2D eigenvalue weighted by Gasteiger charge is -2.42. The number of hydrogen-bond donors (Lipinski definition) is 1. The highest BCUT2D eigenvalue weighted by Crippen LogP contribution is 2.39. The minimum absolute atomic E-state index is 0.577. The molecular weight excluding hydrogens is 244 g/mol. The van der Waals surface area contributed by atoms with Gasteiger partial charge in [-0.15, -0.1) is 0 Å². The molecule has 0 radical (unpaired) electrons. The van der Waals surface area contributed by atoms with E-state index in [1.54, 1.807) is 0 Å². The Morgan fingerprint density at radius 3 is 2.40 bits per heavy atom. The van der Waals surface area contributed by atoms with Crippen molar-refractivity contribution in [1.29, 1.82) is 0 Å². The standard InChI is InChI=1S/C18H36N2/c1-4-19-14-18(11-6-5-7-12-18)15-20(17-8-9-17)13-10-16(2)3/h16-17,19H,4-15H2,1-3H3. The smallest absolute Gasteiger partial charge is 0.00966 e. The maximum atomic E-state index is 3.66. The van der Waals surface area contributed by atoms with Crippen molar-refractivity contribution in [3.63, 3.8) is 0 Å². The molecule has 20 heavy (non-hydrogen) atoms. The molecule has 118 valence electrons. The minimum Gasteiger partial charge on any atom is -0.316 e. The van der Waals surface area contributed by atoms with Gasteiger partial charge in [-0.3, -0.25) is 4.90 Å². The third-order valence-electron chi connectivity index (χ3n) is 5.26. The van der Waals surface area contributed by atoms with Crippen LogP contribution in [0.15, 0.2) is 0 Å². The van der Waals surface area contributed by atoms with E-state index in [0.29, 0.717) is 5.41 Å². The van der Waals surface area contributed by atoms with Crippen molar-refractivity contribution >= 4 is 0 Å². The van der Waals surface area contributed by atoms with Crippen LogP contribution < -0.4 is 5.32 Å². The third-order valence-corrected chi connectivity index (χ3v) is 5.26. The quantitative estimate of drug-likeness (QED) is 0.685. The SMILES string of the molecule is CCNCC1(CN(CCC(C)C)C2CC2)CCCCC1. The first-order valence-corrected chi connectivity index (χ1v) is 9.10. The summed E-state index contributed by atoms with van der Waals surface area (Å²) in [5, 5.41) is 3.66. The van der Waals surface area contributed by atoms with Crippen molar-refractivity contribution in [2.45, 2.75) is 78.2 Å². The van der Waals surface area contributed by atoms with Crippen molar-refractivity contribution in [1.82, 2.24) is 10.2 Å². The summed E-state index contributed by atoms with van der Waals surface area (Å²) in [6.45, 7) is 12.0. The Labute approximate surface area is 126 Å². The average molecular weight is 280 g/mol. The second kappa shape index (κ2) is 7.79. The first-order chi connectivity index (χ1) is 9.65. The van der Waals surface area contributed by atoms with E-state index in [4.69, 9.17) is 0 Å². The van der Waals surface area contributed by atoms with Crippen LogP contribution >= 0.6 is 0 Å². The molecule has 2 rings (SSSR count). The van der Waals surface area contributed by atoms with Gasteiger partial charge in [0.15, 0.2) is 0 Å². The summed E-state index contributed by atoms with van der Waals surface area (Å²) < 4.78 is 0. The van der Waals surface area contributed by atoms with Crippen molar-refractivity contribution in [2.24, 2.45) is 11.3 Å². The molecular formula is C18H36N2. The van der Waals surface area contributed by atoms with Crippen LogP contribution in [0.2, 0.25) is 0 Å². The fraction of sp³-hybridized carbons (Fsp3) is 1.00. The highest BCUT2D eigenvalue weighted by molar-refractivity contribution is 4.93. The maximum absolute atomic E-state index is 3.66. The largest absolute Gasteiger partial charge is 0.316 e. The summed E-state index contributed by atoms with van der Waals surface area (Å²) in [6, 6.07) is 0.925. The van der Waals surface area contributed by atoms with Gasteiger partial charge in [-0.25, -0.2) is 0 Å². The second-order valence-electron chi connectivity index (χ2n) is 7.73. The summed E-state index contributed by atoms with van der Waals surface area (Å²) in [7, 11) is 0. The fourth-order valence-electron chi connectivity index (χ4n) is 3.77. The van der Waals surface area contributed by atoms with Crippen molar-refractivity contribution in [2.75, 3.05) is 26.2 Å². The van der Waals surface area contributed by atoms with Gasteiger partial charge in [0.2, 0.25) is 0 Å². The molecule has 2 nitrogen and oxygen atoms in total. The molecule has 0 aromatic heterocycles. The Kier molecular flexibility index (Phi) is 6.35. The Morgan fingerprint density at radius 2 is 1.85 bits per heavy atom. The van der Waals surface area contributed by atoms with E-state index in [1.165, 1.54) is 71.0 Å². The van der Waals surface area contributed by atoms with Crippen LogP contribution in [-0.4, -0.2) is 37.1 Å². The fourth-order valence-corrected chi connectivity index (χ4v) is 3.77. The normalized spacial score (nSPS) is 22.6. The van der Waals surface area contributed by atoms with Crippen LogP contribution in [0, 0.1) is 11.3 Å². The van der Waals surface area contributed by atoms with Gasteiger partial charge in [0.05, 0.1) is 0 Å². The van der Waals surface area contributed by atoms with Crippen LogP contribution in [0.1, 0.15) is 72.1 Å². The Hall–Kier alpha value is -0.0800. The highest BCUT2D eigenvalue weighted by atomic mass is 15.2. The van der Waals surface area contributed by atoms with Gasteiger partial charge in [-0.2, -0.15) is 0 Å². The van der Waals surface area contributed by atoms with Crippen molar-refractivity contribution in [3.8, 4) is 0 Å². The predicted molar refractivity (Wildman–Crippen MR) is 88.1 cm³/mol. The third kappa shape index (κ3) is 5.04. The van der Waals surface area contributed by atoms with Gasteiger partial charge < -0.3 is 5.32 Å². The Bertz CT molecular complexity index is 265. The van der Waals surface area contributed by atoms with Crippen LogP contribution in [0.4, 0.5) is 0 Å². The molecule has 2 heteroatoms. The van der Waals surface area contributed by atoms with Gasteiger partial charge >= 0.3 is 0 Å². The summed E-state index contributed by atoms with van der Waals surface area (Å²) >= 11 is 0. The predicted octanol–water partition coefficient (Wildman–Crippen LogP) is 4.06. The van der Waals surface area contributed by atoms with Gasteiger partial charge in [-0.1, -0.05) is 40.0 Å². The van der Waals surface area contributed by atoms with E-state index in [9.17, 15) is 0 Å². The lowest BCUT2D eigenvalue weighted by Crippen LogP contribution is -2.46. The zero-order valence-electron chi connectivity index (χ0n) is 14.1. The van der Waals surface area contributed by atoms with Crippen LogP contribution in [0.3, 0.4) is 0 Å². The molecule has 1 N–H and O–H groups in total. The second-order valence-corrected chi connectivity index (χ2v) is 7.73. The molecule has 0 amide bonds. The number of nitrogens with one attached hydrogen (secondary N) is 1. The molecule has 2 saturated carbocycles. The molecule has 0 aliphatic heterocycles. The summed E-state index contributed by atoms with van der Waals surface area (Å²) in [4.78, 5) is 2.85. The van der Waals surface area contributed by atoms with E-state index >= 15 is 0 Å². The molecule has 0 unspecified atom stereocenters. The van der Waals surface area contributed by atoms with E-state index in [-0.39, 0.29) is 0 Å². The number of nitrogens with zero attached hydrogens (tertiary/aromatic N) is 1. The lowest BCUT2D eigenvalue weighted by atomic mass is 9.73. The highest BCUT2D eigenvalue weighted by Gasteiger charge is 2.38. The van der Waals surface area contributed by atoms with E-state index in [1.807, 2.05) is 0 Å². The number of rotatable bonds is 9. The number of hydrogen-bond acceptors (Lipinski definition) is 2. The van der Waals surface area contributed by atoms with Crippen LogP contribution in [-0.2, 0) is 0 Å². The molecule has 0 spiro atoms. The van der Waals surface area contributed by atoms with Crippen molar-refractivity contribution < 1.29 is 0 Å². The van der Waals surface area contributed by atoms with E-state index in [2.05, 4.69) is 31.0 Å². The van der Waals surface area contributed by atoms with Crippen molar-refractivity contribution in [3.05, 3.63) is 0 Å². The average Bonchev–Trinajstić information content (AvgIpc) is 3.27. The summed E-state index contributed by atoms with van der Waals surface area (Å²) in [5.74, 6) is 0.840. The zero-order valence-corrected chi connectivity index (χ0v) is 14.1. The molecule has 0 heterocycles. The first kappa shape index (κ1) is 16.3. The Morgan fingerprint density at radius 1 is 1.15 bits per heavy atom.